The fourth-order valence-corrected chi connectivity index (χ4v) is 13.8. The van der Waals surface area contributed by atoms with Crippen molar-refractivity contribution in [2.45, 2.75) is 293 Å². The van der Waals surface area contributed by atoms with E-state index in [1.54, 1.807) is 42.5 Å². The highest BCUT2D eigenvalue weighted by molar-refractivity contribution is 5.76. The average Bonchev–Trinajstić information content (AvgIpc) is 1.72. The summed E-state index contributed by atoms with van der Waals surface area (Å²) >= 11 is 0. The standard InChI is InChI=1S/C14H23NO3.C9H17NO3.C9H17NO2.C8H13F2NO2.C7H13NO3.3C6H12.C5H8F2.C5H10/c1-3-18-13(16)15(2)12-10-4-9-5-11(12)8-14(17,6-9)7-10;1-3-13-9(11)10(2)8-4-6-12-7-5-8;1-4-9(11)10-5-7(2)12-8(3)6-10;1-2-13-7(12)11-5-3-8(9,10)4-6-11;1-2-11-7(9)8-3-5-10-6-4-8;1-3-6(2)4-5-6;1-3-6-4-5(6)2;1-2-3-6-4-5-6;1-2-4-3-5(4,6)7;1-2-5-3-4-5/h9-12,17H,3-8H2,1-2H3;8H,3-7H2,1-2H3;7-8H,4-6H2,1-3H3;2-6H2,1H3;2-6H2,1H3;3-5H2,1-2H3;5-6H,3-4H2,1-2H3;6H,2-5H2,1H3;4H,2-3H2,1H3;5H,2-4H2,1H3. The molecule has 0 aromatic rings. The summed E-state index contributed by atoms with van der Waals surface area (Å²) in [6.45, 7) is 35.9. The summed E-state index contributed by atoms with van der Waals surface area (Å²) in [5.74, 6) is 1.12. The number of carbonyl (C=O) groups is 5. The molecule has 0 radical (unpaired) electrons. The molecule has 568 valence electrons. The summed E-state index contributed by atoms with van der Waals surface area (Å²) in [7, 11) is 3.64. The van der Waals surface area contributed by atoms with E-state index in [2.05, 4.69) is 41.5 Å². The third-order valence-corrected chi connectivity index (χ3v) is 21.0. The Bertz CT molecular complexity index is 2180. The molecule has 1 N–H and O–H groups in total. The van der Waals surface area contributed by atoms with Crippen molar-refractivity contribution in [2.75, 3.05) is 106 Å². The fourth-order valence-electron chi connectivity index (χ4n) is 13.8. The number of piperidine rings is 1. The zero-order valence-corrected chi connectivity index (χ0v) is 63.4. The minimum atomic E-state index is -2.61. The summed E-state index contributed by atoms with van der Waals surface area (Å²) in [6.07, 6.45) is 24.5. The molecule has 5 amide bonds. The van der Waals surface area contributed by atoms with E-state index in [4.69, 9.17) is 33.2 Å². The van der Waals surface area contributed by atoms with Crippen molar-refractivity contribution in [3.63, 3.8) is 0 Å². The SMILES string of the molecule is CCC(=O)N1CC(C)OC(C)C1.CCC1(C)CC1.CCC1CC1.CCC1CC1(F)F.CCC1CC1C.CCCC1CC1.CCOC(=O)N(C)C1C2CC3CC1CC(O)(C3)C2.CCOC(=O)N(C)C1CCOCC1.CCOC(=O)N1CCC(F)(F)CC1.CCOC(=O)N1CCOCC1. The summed E-state index contributed by atoms with van der Waals surface area (Å²) in [5.41, 5.74) is 0.364. The molecule has 22 heteroatoms. The van der Waals surface area contributed by atoms with Crippen molar-refractivity contribution in [2.24, 2.45) is 52.8 Å². The predicted octanol–water partition coefficient (Wildman–Crippen LogP) is 17.0. The molecule has 9 saturated carbocycles. The van der Waals surface area contributed by atoms with E-state index in [0.29, 0.717) is 76.7 Å². The van der Waals surface area contributed by atoms with Gasteiger partial charge in [0, 0.05) is 110 Å². The summed E-state index contributed by atoms with van der Waals surface area (Å²) < 4.78 is 84.2. The third kappa shape index (κ3) is 34.6. The van der Waals surface area contributed by atoms with Gasteiger partial charge in [0.2, 0.25) is 5.91 Å². The molecule has 18 nitrogen and oxygen atoms in total. The highest BCUT2D eigenvalue weighted by Crippen LogP contribution is 2.57. The lowest BCUT2D eigenvalue weighted by atomic mass is 9.52. The molecule has 0 aromatic heterocycles. The van der Waals surface area contributed by atoms with Gasteiger partial charge in [0.05, 0.1) is 57.5 Å². The van der Waals surface area contributed by atoms with Crippen LogP contribution in [-0.4, -0.2) is 208 Å². The van der Waals surface area contributed by atoms with E-state index >= 15 is 0 Å². The molecule has 0 aromatic carbocycles. The Morgan fingerprint density at radius 2 is 1.02 bits per heavy atom. The van der Waals surface area contributed by atoms with Crippen LogP contribution >= 0.6 is 0 Å². The van der Waals surface area contributed by atoms with Crippen molar-refractivity contribution in [1.82, 2.24) is 24.5 Å². The zero-order chi connectivity index (χ0) is 72.5. The molecule has 7 atom stereocenters. The Hall–Kier alpha value is -3.89. The number of morpholine rings is 2. The predicted molar refractivity (Wildman–Crippen MR) is 374 cm³/mol. The Balaban J connectivity index is 0.000000288. The van der Waals surface area contributed by atoms with Gasteiger partial charge in [0.25, 0.3) is 11.8 Å². The second-order valence-corrected chi connectivity index (χ2v) is 29.6. The molecule has 7 unspecified atom stereocenters. The van der Waals surface area contributed by atoms with Crippen molar-refractivity contribution < 1.29 is 79.8 Å². The molecule has 97 heavy (non-hydrogen) atoms. The molecule has 9 aliphatic carbocycles. The molecule has 4 heterocycles. The van der Waals surface area contributed by atoms with Crippen molar-refractivity contribution in [1.29, 1.82) is 0 Å². The van der Waals surface area contributed by atoms with Gasteiger partial charge < -0.3 is 62.8 Å². The summed E-state index contributed by atoms with van der Waals surface area (Å²) in [4.78, 5) is 65.0. The van der Waals surface area contributed by atoms with Crippen LogP contribution in [0.4, 0.5) is 36.7 Å². The molecule has 13 rings (SSSR count). The second kappa shape index (κ2) is 44.5. The second-order valence-electron chi connectivity index (χ2n) is 29.6. The number of nitrogens with zero attached hydrogens (tertiary/aromatic N) is 5. The number of rotatable bonds is 13. The van der Waals surface area contributed by atoms with Gasteiger partial charge in [-0.2, -0.15) is 0 Å². The first-order valence-corrected chi connectivity index (χ1v) is 38.1. The highest BCUT2D eigenvalue weighted by atomic mass is 19.3. The first-order chi connectivity index (χ1) is 45.9. The number of hydrogen-bond donors (Lipinski definition) is 1. The van der Waals surface area contributed by atoms with E-state index < -0.39 is 23.5 Å². The van der Waals surface area contributed by atoms with Crippen LogP contribution in [0.3, 0.4) is 0 Å². The Morgan fingerprint density at radius 1 is 0.557 bits per heavy atom. The molecule has 4 saturated heterocycles. The molecule has 4 bridgehead atoms. The number of aliphatic hydroxyl groups is 1. The number of alkyl halides is 4. The lowest BCUT2D eigenvalue weighted by Crippen LogP contribution is -2.61. The van der Waals surface area contributed by atoms with Crippen LogP contribution in [0.2, 0.25) is 0 Å². The molecule has 0 spiro atoms. The Labute approximate surface area is 584 Å². The van der Waals surface area contributed by atoms with Gasteiger partial charge in [-0.3, -0.25) is 4.79 Å². The molecular formula is C75H137F4N5O13. The smallest absolute Gasteiger partial charge is 0.409 e. The summed E-state index contributed by atoms with van der Waals surface area (Å²) in [6, 6.07) is 0.564. The van der Waals surface area contributed by atoms with Crippen LogP contribution in [0.15, 0.2) is 0 Å². The number of likely N-dealkylation sites (tertiary alicyclic amines) is 1. The number of hydrogen-bond acceptors (Lipinski definition) is 13. The minimum absolute atomic E-state index is 0.0891. The van der Waals surface area contributed by atoms with E-state index in [1.807, 2.05) is 46.6 Å². The number of halogens is 4. The van der Waals surface area contributed by atoms with Gasteiger partial charge in [-0.15, -0.1) is 0 Å². The normalized spacial score (nSPS) is 28.9. The van der Waals surface area contributed by atoms with Crippen molar-refractivity contribution in [3.8, 4) is 0 Å². The molecule has 4 aliphatic heterocycles. The van der Waals surface area contributed by atoms with E-state index in [-0.39, 0.29) is 93.4 Å². The van der Waals surface area contributed by atoms with Gasteiger partial charge >= 0.3 is 24.4 Å². The topological polar surface area (TPSA) is 186 Å². The number of ether oxygens (including phenoxy) is 7. The van der Waals surface area contributed by atoms with E-state index in [1.165, 1.54) is 94.8 Å². The molecular weight excluding hydrogens is 1250 g/mol. The quantitative estimate of drug-likeness (QED) is 0.136. The molecule has 13 aliphatic rings. The van der Waals surface area contributed by atoms with Gasteiger partial charge in [0.15, 0.2) is 0 Å². The van der Waals surface area contributed by atoms with Crippen LogP contribution in [0.1, 0.15) is 251 Å². The van der Waals surface area contributed by atoms with Gasteiger partial charge in [-0.05, 0) is 159 Å². The maximum absolute atomic E-state index is 12.6. The van der Waals surface area contributed by atoms with Crippen molar-refractivity contribution in [3.05, 3.63) is 0 Å². The van der Waals surface area contributed by atoms with Crippen LogP contribution in [0, 0.1) is 52.8 Å². The molecule has 13 fully saturated rings. The van der Waals surface area contributed by atoms with Crippen LogP contribution in [0.25, 0.3) is 0 Å². The third-order valence-electron chi connectivity index (χ3n) is 21.0. The number of amides is 5. The van der Waals surface area contributed by atoms with Crippen LogP contribution in [-0.2, 0) is 38.0 Å². The average molecular weight is 1390 g/mol. The Kier molecular flexibility index (Phi) is 40.0. The minimum Gasteiger partial charge on any atom is -0.450 e. The van der Waals surface area contributed by atoms with Gasteiger partial charge in [0.1, 0.15) is 0 Å². The van der Waals surface area contributed by atoms with Crippen LogP contribution in [0.5, 0.6) is 0 Å². The van der Waals surface area contributed by atoms with E-state index in [9.17, 15) is 46.6 Å². The first kappa shape index (κ1) is 87.3. The largest absolute Gasteiger partial charge is 0.450 e. The maximum Gasteiger partial charge on any atom is 0.409 e. The first-order valence-electron chi connectivity index (χ1n) is 38.1. The number of carbonyl (C=O) groups excluding carboxylic acids is 5. The Morgan fingerprint density at radius 3 is 1.34 bits per heavy atom. The van der Waals surface area contributed by atoms with Gasteiger partial charge in [-0.1, -0.05) is 113 Å². The maximum atomic E-state index is 12.6. The summed E-state index contributed by atoms with van der Waals surface area (Å²) in [5, 5.41) is 10.5. The van der Waals surface area contributed by atoms with E-state index in [0.717, 1.165) is 87.5 Å². The monoisotopic (exact) mass is 1390 g/mol. The van der Waals surface area contributed by atoms with Gasteiger partial charge in [-0.25, -0.2) is 36.7 Å². The van der Waals surface area contributed by atoms with Crippen LogP contribution < -0.4 is 0 Å². The lowest BCUT2D eigenvalue weighted by Gasteiger charge is -2.59. The van der Waals surface area contributed by atoms with Crippen molar-refractivity contribution >= 4 is 30.3 Å². The highest BCUT2D eigenvalue weighted by Gasteiger charge is 2.57. The zero-order valence-electron chi connectivity index (χ0n) is 63.4. The fraction of sp³-hybridized carbons (Fsp3) is 0.933. The lowest BCUT2D eigenvalue weighted by molar-refractivity contribution is -0.153.